The summed E-state index contributed by atoms with van der Waals surface area (Å²) in [5.74, 6) is 0.644. The first-order valence-corrected chi connectivity index (χ1v) is 11.0. The Morgan fingerprint density at radius 3 is 2.71 bits per heavy atom. The van der Waals surface area contributed by atoms with Crippen LogP contribution in [0, 0.1) is 6.92 Å². The highest BCUT2D eigenvalue weighted by Gasteiger charge is 2.56. The van der Waals surface area contributed by atoms with Crippen LogP contribution < -0.4 is 5.32 Å². The van der Waals surface area contributed by atoms with Gasteiger partial charge in [0.25, 0.3) is 0 Å². The van der Waals surface area contributed by atoms with E-state index in [1.54, 1.807) is 11.8 Å². The molecule has 2 heterocycles. The van der Waals surface area contributed by atoms with Crippen LogP contribution in [-0.2, 0) is 27.3 Å². The topological polar surface area (TPSA) is 49.4 Å². The van der Waals surface area contributed by atoms with Gasteiger partial charge in [-0.05, 0) is 61.4 Å². The first kappa shape index (κ1) is 17.8. The number of carbonyl (C=O) groups excluding carboxylic acids is 2. The van der Waals surface area contributed by atoms with E-state index in [4.69, 9.17) is 0 Å². The van der Waals surface area contributed by atoms with Gasteiger partial charge in [0.2, 0.25) is 11.8 Å². The number of aryl methyl sites for hydroxylation is 3. The third-order valence-electron chi connectivity index (χ3n) is 6.30. The lowest BCUT2D eigenvalue weighted by Crippen LogP contribution is -2.48. The molecule has 2 saturated heterocycles. The van der Waals surface area contributed by atoms with E-state index >= 15 is 0 Å². The maximum atomic E-state index is 13.1. The van der Waals surface area contributed by atoms with Gasteiger partial charge >= 0.3 is 0 Å². The molecular formula is C23H24N2O2S. The van der Waals surface area contributed by atoms with Crippen LogP contribution in [0.25, 0.3) is 0 Å². The van der Waals surface area contributed by atoms with Crippen molar-refractivity contribution < 1.29 is 9.59 Å². The minimum Gasteiger partial charge on any atom is -0.324 e. The smallest absolute Gasteiger partial charge is 0.248 e. The predicted molar refractivity (Wildman–Crippen MR) is 112 cm³/mol. The fourth-order valence-corrected chi connectivity index (χ4v) is 6.48. The van der Waals surface area contributed by atoms with Crippen LogP contribution in [0.3, 0.4) is 0 Å². The molecule has 4 nitrogen and oxygen atoms in total. The zero-order chi connectivity index (χ0) is 19.3. The number of thioether (sulfide) groups is 1. The van der Waals surface area contributed by atoms with Crippen molar-refractivity contribution in [3.63, 3.8) is 0 Å². The first-order valence-electron chi connectivity index (χ1n) is 10.0. The molecule has 5 heteroatoms. The molecule has 0 bridgehead atoms. The van der Waals surface area contributed by atoms with Crippen LogP contribution in [-0.4, -0.2) is 28.5 Å². The minimum absolute atomic E-state index is 0.0744. The SMILES string of the molecule is Cc1ccc([C@@]23CCC(=O)N2[C@@H](C(=O)Nc2ccc4c(c2)CCC4)CS3)cc1. The second-order valence-corrected chi connectivity index (χ2v) is 9.36. The van der Waals surface area contributed by atoms with Crippen molar-refractivity contribution >= 4 is 29.3 Å². The molecule has 144 valence electrons. The quantitative estimate of drug-likeness (QED) is 0.859. The molecule has 2 aromatic rings. The van der Waals surface area contributed by atoms with Crippen molar-refractivity contribution in [2.45, 2.75) is 49.9 Å². The first-order chi connectivity index (χ1) is 13.6. The molecule has 5 rings (SSSR count). The molecule has 2 aliphatic heterocycles. The Morgan fingerprint density at radius 1 is 1.11 bits per heavy atom. The van der Waals surface area contributed by atoms with Crippen LogP contribution in [0.15, 0.2) is 42.5 Å². The van der Waals surface area contributed by atoms with Crippen molar-refractivity contribution in [1.29, 1.82) is 0 Å². The van der Waals surface area contributed by atoms with Crippen molar-refractivity contribution in [1.82, 2.24) is 4.90 Å². The molecule has 0 radical (unpaired) electrons. The van der Waals surface area contributed by atoms with E-state index in [-0.39, 0.29) is 11.8 Å². The van der Waals surface area contributed by atoms with Gasteiger partial charge in [-0.2, -0.15) is 0 Å². The average molecular weight is 393 g/mol. The Kier molecular flexibility index (Phi) is 4.23. The molecule has 0 unspecified atom stereocenters. The summed E-state index contributed by atoms with van der Waals surface area (Å²) in [6.45, 7) is 2.06. The molecule has 3 aliphatic rings. The summed E-state index contributed by atoms with van der Waals surface area (Å²) in [5, 5.41) is 3.08. The van der Waals surface area contributed by atoms with Gasteiger partial charge in [-0.3, -0.25) is 9.59 Å². The second kappa shape index (κ2) is 6.66. The number of nitrogens with zero attached hydrogens (tertiary/aromatic N) is 1. The Morgan fingerprint density at radius 2 is 1.89 bits per heavy atom. The summed E-state index contributed by atoms with van der Waals surface area (Å²) in [6.07, 6.45) is 4.67. The van der Waals surface area contributed by atoms with E-state index in [0.29, 0.717) is 12.2 Å². The van der Waals surface area contributed by atoms with Gasteiger partial charge in [-0.25, -0.2) is 0 Å². The number of hydrogen-bond donors (Lipinski definition) is 1. The predicted octanol–water partition coefficient (Wildman–Crippen LogP) is 4.01. The Balaban J connectivity index is 1.40. The molecule has 1 aliphatic carbocycles. The molecule has 2 aromatic carbocycles. The summed E-state index contributed by atoms with van der Waals surface area (Å²) < 4.78 is 0. The maximum absolute atomic E-state index is 13.1. The van der Waals surface area contributed by atoms with Gasteiger partial charge in [0.05, 0.1) is 0 Å². The molecule has 1 N–H and O–H groups in total. The van der Waals surface area contributed by atoms with Gasteiger partial charge in [0.1, 0.15) is 10.9 Å². The number of anilines is 1. The molecule has 2 atom stereocenters. The van der Waals surface area contributed by atoms with E-state index in [9.17, 15) is 9.59 Å². The van der Waals surface area contributed by atoms with Gasteiger partial charge in [-0.1, -0.05) is 35.9 Å². The van der Waals surface area contributed by atoms with E-state index in [2.05, 4.69) is 48.6 Å². The molecule has 2 fully saturated rings. The van der Waals surface area contributed by atoms with Crippen LogP contribution in [0.4, 0.5) is 5.69 Å². The monoisotopic (exact) mass is 392 g/mol. The molecule has 0 saturated carbocycles. The van der Waals surface area contributed by atoms with Crippen LogP contribution in [0.1, 0.15) is 41.5 Å². The van der Waals surface area contributed by atoms with Crippen molar-refractivity contribution in [2.75, 3.05) is 11.1 Å². The summed E-state index contributed by atoms with van der Waals surface area (Å²) in [4.78, 5) is 27.3. The van der Waals surface area contributed by atoms with Crippen LogP contribution in [0.2, 0.25) is 0 Å². The van der Waals surface area contributed by atoms with Gasteiger partial charge in [0.15, 0.2) is 0 Å². The Labute approximate surface area is 169 Å². The van der Waals surface area contributed by atoms with E-state index in [1.165, 1.54) is 23.1 Å². The normalized spacial score (nSPS) is 25.7. The lowest BCUT2D eigenvalue weighted by Gasteiger charge is -2.34. The summed E-state index contributed by atoms with van der Waals surface area (Å²) in [7, 11) is 0. The molecule has 28 heavy (non-hydrogen) atoms. The average Bonchev–Trinajstić information content (AvgIpc) is 3.38. The van der Waals surface area contributed by atoms with Crippen molar-refractivity contribution in [2.24, 2.45) is 0 Å². The number of rotatable bonds is 3. The number of benzene rings is 2. The molecule has 2 amide bonds. The number of fused-ring (bicyclic) bond motifs is 2. The lowest BCUT2D eigenvalue weighted by atomic mass is 10.0. The highest BCUT2D eigenvalue weighted by atomic mass is 32.2. The fourth-order valence-electron chi connectivity index (χ4n) is 4.83. The highest BCUT2D eigenvalue weighted by molar-refractivity contribution is 8.00. The Hall–Kier alpha value is -2.27. The summed E-state index contributed by atoms with van der Waals surface area (Å²) >= 11 is 1.73. The number of amides is 2. The summed E-state index contributed by atoms with van der Waals surface area (Å²) in [6, 6.07) is 14.2. The third-order valence-corrected chi connectivity index (χ3v) is 7.90. The van der Waals surface area contributed by atoms with Crippen LogP contribution in [0.5, 0.6) is 0 Å². The van der Waals surface area contributed by atoms with Gasteiger partial charge in [0, 0.05) is 17.9 Å². The zero-order valence-electron chi connectivity index (χ0n) is 16.0. The number of nitrogens with one attached hydrogen (secondary N) is 1. The molecular weight excluding hydrogens is 368 g/mol. The largest absolute Gasteiger partial charge is 0.324 e. The van der Waals surface area contributed by atoms with Gasteiger partial charge in [-0.15, -0.1) is 11.8 Å². The van der Waals surface area contributed by atoms with Crippen LogP contribution >= 0.6 is 11.8 Å². The minimum atomic E-state index is -0.422. The number of hydrogen-bond acceptors (Lipinski definition) is 3. The third kappa shape index (κ3) is 2.75. The standard InChI is InChI=1S/C23H24N2O2S/c1-15-5-8-18(9-6-15)23-12-11-21(26)25(23)20(14-28-23)22(27)24-19-10-7-16-3-2-4-17(16)13-19/h5-10,13,20H,2-4,11-12,14H2,1H3,(H,24,27)/t20-,23+/m1/s1. The molecule has 0 aromatic heterocycles. The number of carbonyl (C=O) groups is 2. The summed E-state index contributed by atoms with van der Waals surface area (Å²) in [5.41, 5.74) is 5.90. The maximum Gasteiger partial charge on any atom is 0.248 e. The second-order valence-electron chi connectivity index (χ2n) is 8.07. The van der Waals surface area contributed by atoms with E-state index in [1.807, 2.05) is 11.0 Å². The van der Waals surface area contributed by atoms with E-state index in [0.717, 1.165) is 30.5 Å². The van der Waals surface area contributed by atoms with Gasteiger partial charge < -0.3 is 10.2 Å². The van der Waals surface area contributed by atoms with Crippen molar-refractivity contribution in [3.8, 4) is 0 Å². The van der Waals surface area contributed by atoms with Crippen molar-refractivity contribution in [3.05, 3.63) is 64.7 Å². The fraction of sp³-hybridized carbons (Fsp3) is 0.391. The lowest BCUT2D eigenvalue weighted by molar-refractivity contribution is -0.136. The highest BCUT2D eigenvalue weighted by Crippen LogP contribution is 2.54. The van der Waals surface area contributed by atoms with E-state index < -0.39 is 10.9 Å². The molecule has 0 spiro atoms. The Bertz CT molecular complexity index is 956. The zero-order valence-corrected chi connectivity index (χ0v) is 16.8.